The standard InChI is InChI=1S/C24H34N4O3/c1-4-5-6-9-21-26-20(18-12-10-17(2)11-13-18)15-23(31-3)28(21)16-22(29)27-19-8-7-14-25-24(19)30/h10-13,15,19,23H,4-9,14,16H2,1-3H3,(H,25,30)(H,27,29). The Balaban J connectivity index is 1.78. The van der Waals surface area contributed by atoms with Crippen LogP contribution in [-0.4, -0.2) is 55.0 Å². The van der Waals surface area contributed by atoms with Crippen molar-refractivity contribution in [2.45, 2.75) is 64.6 Å². The molecule has 7 heteroatoms. The van der Waals surface area contributed by atoms with Crippen molar-refractivity contribution >= 4 is 23.3 Å². The van der Waals surface area contributed by atoms with Crippen LogP contribution in [0.5, 0.6) is 0 Å². The van der Waals surface area contributed by atoms with Crippen LogP contribution in [0.4, 0.5) is 0 Å². The van der Waals surface area contributed by atoms with Gasteiger partial charge in [0.15, 0.2) is 6.23 Å². The minimum absolute atomic E-state index is 0.102. The van der Waals surface area contributed by atoms with E-state index >= 15 is 0 Å². The van der Waals surface area contributed by atoms with Gasteiger partial charge in [0.2, 0.25) is 11.8 Å². The largest absolute Gasteiger partial charge is 0.358 e. The highest BCUT2D eigenvalue weighted by Gasteiger charge is 2.29. The SMILES string of the molecule is CCCCCC1=NC(c2ccc(C)cc2)=CC(OC)N1CC(=O)NC1CCCNC1=O. The molecule has 0 spiro atoms. The van der Waals surface area contributed by atoms with Crippen molar-refractivity contribution in [3.63, 3.8) is 0 Å². The van der Waals surface area contributed by atoms with Crippen molar-refractivity contribution in [3.8, 4) is 0 Å². The number of carbonyl (C=O) groups excluding carboxylic acids is 2. The highest BCUT2D eigenvalue weighted by Crippen LogP contribution is 2.26. The predicted molar refractivity (Wildman–Crippen MR) is 122 cm³/mol. The zero-order valence-corrected chi connectivity index (χ0v) is 18.8. The predicted octanol–water partition coefficient (Wildman–Crippen LogP) is 3.00. The topological polar surface area (TPSA) is 83.0 Å². The second-order valence-corrected chi connectivity index (χ2v) is 8.21. The Morgan fingerprint density at radius 2 is 2.06 bits per heavy atom. The number of hydrogen-bond acceptors (Lipinski definition) is 5. The molecule has 0 saturated carbocycles. The Morgan fingerprint density at radius 1 is 1.29 bits per heavy atom. The first-order valence-corrected chi connectivity index (χ1v) is 11.2. The van der Waals surface area contributed by atoms with E-state index in [2.05, 4.69) is 48.7 Å². The number of nitrogens with one attached hydrogen (secondary N) is 2. The molecule has 2 aliphatic rings. The van der Waals surface area contributed by atoms with Crippen LogP contribution < -0.4 is 10.6 Å². The van der Waals surface area contributed by atoms with E-state index in [1.165, 1.54) is 5.56 Å². The van der Waals surface area contributed by atoms with Crippen molar-refractivity contribution in [1.29, 1.82) is 0 Å². The third-order valence-corrected chi connectivity index (χ3v) is 5.72. The summed E-state index contributed by atoms with van der Waals surface area (Å²) in [6.45, 7) is 5.00. The maximum Gasteiger partial charge on any atom is 0.242 e. The van der Waals surface area contributed by atoms with Crippen LogP contribution in [0, 0.1) is 6.92 Å². The fourth-order valence-corrected chi connectivity index (χ4v) is 3.91. The molecule has 2 aliphatic heterocycles. The summed E-state index contributed by atoms with van der Waals surface area (Å²) in [5.74, 6) is 0.543. The lowest BCUT2D eigenvalue weighted by atomic mass is 10.1. The van der Waals surface area contributed by atoms with Crippen LogP contribution in [0.3, 0.4) is 0 Å². The van der Waals surface area contributed by atoms with Crippen molar-refractivity contribution in [1.82, 2.24) is 15.5 Å². The summed E-state index contributed by atoms with van der Waals surface area (Å²) in [6.07, 6.45) is 7.07. The van der Waals surface area contributed by atoms with E-state index in [4.69, 9.17) is 9.73 Å². The third kappa shape index (κ3) is 6.17. The Kier molecular flexibility index (Phi) is 8.23. The second-order valence-electron chi connectivity index (χ2n) is 8.21. The number of aliphatic imine (C=N–C) groups is 1. The summed E-state index contributed by atoms with van der Waals surface area (Å²) >= 11 is 0. The van der Waals surface area contributed by atoms with Crippen molar-refractivity contribution < 1.29 is 14.3 Å². The van der Waals surface area contributed by atoms with E-state index in [1.54, 1.807) is 7.11 Å². The molecule has 0 aromatic heterocycles. The van der Waals surface area contributed by atoms with Gasteiger partial charge in [0.1, 0.15) is 18.4 Å². The minimum atomic E-state index is -0.467. The first-order chi connectivity index (χ1) is 15.0. The molecule has 3 rings (SSSR count). The number of rotatable bonds is 9. The molecule has 1 saturated heterocycles. The van der Waals surface area contributed by atoms with Gasteiger partial charge < -0.3 is 20.3 Å². The smallest absolute Gasteiger partial charge is 0.242 e. The molecule has 1 aromatic rings. The lowest BCUT2D eigenvalue weighted by Crippen LogP contribution is -2.54. The number of unbranched alkanes of at least 4 members (excludes halogenated alkanes) is 2. The van der Waals surface area contributed by atoms with Crippen LogP contribution >= 0.6 is 0 Å². The van der Waals surface area contributed by atoms with Crippen molar-refractivity contribution in [2.24, 2.45) is 4.99 Å². The van der Waals surface area contributed by atoms with E-state index in [9.17, 15) is 9.59 Å². The van der Waals surface area contributed by atoms with Gasteiger partial charge in [-0.1, -0.05) is 49.6 Å². The number of piperidine rings is 1. The van der Waals surface area contributed by atoms with Gasteiger partial charge in [0.05, 0.1) is 5.70 Å². The average molecular weight is 427 g/mol. The van der Waals surface area contributed by atoms with Crippen LogP contribution in [0.1, 0.15) is 56.6 Å². The number of amidine groups is 1. The molecular formula is C24H34N4O3. The number of ether oxygens (including phenoxy) is 1. The molecule has 0 bridgehead atoms. The van der Waals surface area contributed by atoms with Gasteiger partial charge in [-0.25, -0.2) is 4.99 Å². The van der Waals surface area contributed by atoms with E-state index in [0.717, 1.165) is 49.2 Å². The molecule has 1 fully saturated rings. The highest BCUT2D eigenvalue weighted by atomic mass is 16.5. The van der Waals surface area contributed by atoms with Crippen LogP contribution in [0.25, 0.3) is 5.70 Å². The molecule has 168 valence electrons. The van der Waals surface area contributed by atoms with E-state index < -0.39 is 12.3 Å². The lowest BCUT2D eigenvalue weighted by molar-refractivity contribution is -0.131. The number of amides is 2. The third-order valence-electron chi connectivity index (χ3n) is 5.72. The quantitative estimate of drug-likeness (QED) is 0.595. The number of benzene rings is 1. The summed E-state index contributed by atoms with van der Waals surface area (Å²) < 4.78 is 5.74. The zero-order valence-electron chi connectivity index (χ0n) is 18.8. The molecule has 0 aliphatic carbocycles. The first kappa shape index (κ1) is 23.0. The molecule has 2 atom stereocenters. The lowest BCUT2D eigenvalue weighted by Gasteiger charge is -2.35. The first-order valence-electron chi connectivity index (χ1n) is 11.2. The minimum Gasteiger partial charge on any atom is -0.358 e. The van der Waals surface area contributed by atoms with Crippen molar-refractivity contribution in [2.75, 3.05) is 20.2 Å². The molecule has 2 unspecified atom stereocenters. The van der Waals surface area contributed by atoms with Gasteiger partial charge >= 0.3 is 0 Å². The number of nitrogens with zero attached hydrogens (tertiary/aromatic N) is 2. The Hall–Kier alpha value is -2.67. The fourth-order valence-electron chi connectivity index (χ4n) is 3.91. The summed E-state index contributed by atoms with van der Waals surface area (Å²) in [5, 5.41) is 5.68. The summed E-state index contributed by atoms with van der Waals surface area (Å²) in [4.78, 5) is 31.6. The average Bonchev–Trinajstić information content (AvgIpc) is 2.77. The maximum atomic E-state index is 12.8. The van der Waals surface area contributed by atoms with Gasteiger partial charge in [0.25, 0.3) is 0 Å². The number of methoxy groups -OCH3 is 1. The molecule has 2 heterocycles. The normalized spacial score (nSPS) is 21.3. The molecular weight excluding hydrogens is 392 g/mol. The molecule has 2 amide bonds. The summed E-state index contributed by atoms with van der Waals surface area (Å²) in [7, 11) is 1.64. The summed E-state index contributed by atoms with van der Waals surface area (Å²) in [6, 6.07) is 7.79. The van der Waals surface area contributed by atoms with Gasteiger partial charge in [-0.2, -0.15) is 0 Å². The van der Waals surface area contributed by atoms with Crippen molar-refractivity contribution in [3.05, 3.63) is 41.5 Å². The number of aryl methyl sites for hydroxylation is 1. The number of hydrogen-bond donors (Lipinski definition) is 2. The van der Waals surface area contributed by atoms with E-state index in [-0.39, 0.29) is 18.4 Å². The van der Waals surface area contributed by atoms with Gasteiger partial charge in [0, 0.05) is 25.6 Å². The highest BCUT2D eigenvalue weighted by molar-refractivity contribution is 5.94. The molecule has 31 heavy (non-hydrogen) atoms. The second kappa shape index (κ2) is 11.1. The molecule has 7 nitrogen and oxygen atoms in total. The van der Waals surface area contributed by atoms with Crippen LogP contribution in [0.2, 0.25) is 0 Å². The van der Waals surface area contributed by atoms with E-state index in [1.807, 2.05) is 11.0 Å². The van der Waals surface area contributed by atoms with E-state index in [0.29, 0.717) is 13.0 Å². The fraction of sp³-hybridized carbons (Fsp3) is 0.542. The van der Waals surface area contributed by atoms with Crippen LogP contribution in [-0.2, 0) is 14.3 Å². The monoisotopic (exact) mass is 426 g/mol. The maximum absolute atomic E-state index is 12.8. The Bertz CT molecular complexity index is 832. The van der Waals surface area contributed by atoms with Gasteiger partial charge in [-0.05, 0) is 32.3 Å². The number of carbonyl (C=O) groups is 2. The molecule has 1 aromatic carbocycles. The van der Waals surface area contributed by atoms with Crippen LogP contribution in [0.15, 0.2) is 35.3 Å². The summed E-state index contributed by atoms with van der Waals surface area (Å²) in [5.41, 5.74) is 3.09. The van der Waals surface area contributed by atoms with Gasteiger partial charge in [-0.3, -0.25) is 9.59 Å². The van der Waals surface area contributed by atoms with Gasteiger partial charge in [-0.15, -0.1) is 0 Å². The molecule has 0 radical (unpaired) electrons. The molecule has 2 N–H and O–H groups in total. The Morgan fingerprint density at radius 3 is 2.74 bits per heavy atom. The Labute approximate surface area is 184 Å². The zero-order chi connectivity index (χ0) is 22.2.